The van der Waals surface area contributed by atoms with E-state index in [-0.39, 0.29) is 5.91 Å². The third-order valence-corrected chi connectivity index (χ3v) is 4.59. The minimum atomic E-state index is 0.0618. The normalized spacial score (nSPS) is 19.6. The molecular formula is C14H16N2O2S. The zero-order valence-corrected chi connectivity index (χ0v) is 11.7. The van der Waals surface area contributed by atoms with Crippen LogP contribution in [-0.2, 0) is 0 Å². The van der Waals surface area contributed by atoms with Crippen molar-refractivity contribution < 1.29 is 9.21 Å². The van der Waals surface area contributed by atoms with Crippen LogP contribution in [0.5, 0.6) is 0 Å². The molecule has 1 aliphatic rings. The van der Waals surface area contributed by atoms with E-state index in [2.05, 4.69) is 10.4 Å². The molecule has 4 nitrogen and oxygen atoms in total. The Hall–Kier alpha value is -1.62. The molecule has 19 heavy (non-hydrogen) atoms. The summed E-state index contributed by atoms with van der Waals surface area (Å²) in [7, 11) is 0. The lowest BCUT2D eigenvalue weighted by molar-refractivity contribution is 0.0706. The molecule has 1 fully saturated rings. The highest BCUT2D eigenvalue weighted by atomic mass is 32.1. The predicted molar refractivity (Wildman–Crippen MR) is 73.4 cm³/mol. The summed E-state index contributed by atoms with van der Waals surface area (Å²) in [4.78, 5) is 18.8. The third kappa shape index (κ3) is 2.56. The number of amides is 1. The van der Waals surface area contributed by atoms with E-state index in [1.54, 1.807) is 23.7 Å². The van der Waals surface area contributed by atoms with Crippen LogP contribution in [0.2, 0.25) is 0 Å². The Bertz CT molecular complexity index is 562. The molecule has 2 aromatic rings. The molecule has 0 unspecified atom stereocenters. The number of aryl methyl sites for hydroxylation is 1. The van der Waals surface area contributed by atoms with E-state index in [1.165, 1.54) is 6.26 Å². The van der Waals surface area contributed by atoms with Gasteiger partial charge in [0, 0.05) is 30.1 Å². The average Bonchev–Trinajstić information content (AvgIpc) is 3.09. The standard InChI is InChI=1S/C14H16N2O2S/c1-10-9-19-13(15-10)11-3-2-5-16(7-11)14(17)12-4-6-18-8-12/h4,6,8-9,11H,2-3,5,7H2,1H3/t11-/m1/s1. The highest BCUT2D eigenvalue weighted by Crippen LogP contribution is 2.29. The van der Waals surface area contributed by atoms with Gasteiger partial charge in [-0.05, 0) is 25.8 Å². The maximum atomic E-state index is 12.3. The van der Waals surface area contributed by atoms with E-state index in [9.17, 15) is 4.79 Å². The van der Waals surface area contributed by atoms with Gasteiger partial charge in [0.2, 0.25) is 0 Å². The molecular weight excluding hydrogens is 260 g/mol. The number of piperidine rings is 1. The van der Waals surface area contributed by atoms with E-state index in [0.29, 0.717) is 11.5 Å². The van der Waals surface area contributed by atoms with E-state index in [1.807, 2.05) is 11.8 Å². The van der Waals surface area contributed by atoms with Gasteiger partial charge in [0.15, 0.2) is 0 Å². The molecule has 100 valence electrons. The molecule has 2 aromatic heterocycles. The molecule has 0 N–H and O–H groups in total. The van der Waals surface area contributed by atoms with Gasteiger partial charge in [-0.25, -0.2) is 4.98 Å². The smallest absolute Gasteiger partial charge is 0.257 e. The minimum absolute atomic E-state index is 0.0618. The molecule has 1 saturated heterocycles. The Morgan fingerprint density at radius 3 is 3.16 bits per heavy atom. The first-order valence-corrected chi connectivity index (χ1v) is 7.35. The Balaban J connectivity index is 1.73. The third-order valence-electron chi connectivity index (χ3n) is 3.46. The van der Waals surface area contributed by atoms with Gasteiger partial charge >= 0.3 is 0 Å². The van der Waals surface area contributed by atoms with Crippen LogP contribution in [0, 0.1) is 6.92 Å². The maximum Gasteiger partial charge on any atom is 0.257 e. The van der Waals surface area contributed by atoms with Gasteiger partial charge < -0.3 is 9.32 Å². The van der Waals surface area contributed by atoms with Crippen LogP contribution in [0.4, 0.5) is 0 Å². The van der Waals surface area contributed by atoms with E-state index < -0.39 is 0 Å². The van der Waals surface area contributed by atoms with E-state index in [4.69, 9.17) is 4.42 Å². The summed E-state index contributed by atoms with van der Waals surface area (Å²) in [5, 5.41) is 3.23. The van der Waals surface area contributed by atoms with Crippen molar-refractivity contribution in [3.63, 3.8) is 0 Å². The number of rotatable bonds is 2. The van der Waals surface area contributed by atoms with Crippen molar-refractivity contribution in [2.75, 3.05) is 13.1 Å². The minimum Gasteiger partial charge on any atom is -0.472 e. The average molecular weight is 276 g/mol. The first-order valence-electron chi connectivity index (χ1n) is 6.47. The van der Waals surface area contributed by atoms with Gasteiger partial charge in [-0.2, -0.15) is 0 Å². The van der Waals surface area contributed by atoms with Crippen LogP contribution >= 0.6 is 11.3 Å². The van der Waals surface area contributed by atoms with Crippen molar-refractivity contribution in [1.29, 1.82) is 0 Å². The van der Waals surface area contributed by atoms with E-state index in [0.717, 1.165) is 36.6 Å². The van der Waals surface area contributed by atoms with Crippen LogP contribution in [0.3, 0.4) is 0 Å². The molecule has 0 radical (unpaired) electrons. The Morgan fingerprint density at radius 2 is 2.47 bits per heavy atom. The van der Waals surface area contributed by atoms with E-state index >= 15 is 0 Å². The molecule has 0 aromatic carbocycles. The van der Waals surface area contributed by atoms with Gasteiger partial charge in [-0.3, -0.25) is 4.79 Å². The number of hydrogen-bond donors (Lipinski definition) is 0. The molecule has 1 atom stereocenters. The maximum absolute atomic E-state index is 12.3. The predicted octanol–water partition coefficient (Wildman–Crippen LogP) is 3.06. The van der Waals surface area contributed by atoms with Crippen molar-refractivity contribution in [1.82, 2.24) is 9.88 Å². The quantitative estimate of drug-likeness (QED) is 0.847. The zero-order valence-electron chi connectivity index (χ0n) is 10.8. The SMILES string of the molecule is Cc1csc([C@@H]2CCCN(C(=O)c3ccoc3)C2)n1. The second kappa shape index (κ2) is 5.17. The lowest BCUT2D eigenvalue weighted by Gasteiger charge is -2.31. The Labute approximate surface area is 116 Å². The topological polar surface area (TPSA) is 46.3 Å². The first kappa shape index (κ1) is 12.4. The van der Waals surface area contributed by atoms with Gasteiger partial charge in [-0.1, -0.05) is 0 Å². The van der Waals surface area contributed by atoms with Crippen molar-refractivity contribution in [3.05, 3.63) is 40.2 Å². The van der Waals surface area contributed by atoms with Crippen LogP contribution in [0.25, 0.3) is 0 Å². The van der Waals surface area contributed by atoms with Crippen molar-refractivity contribution in [2.24, 2.45) is 0 Å². The summed E-state index contributed by atoms with van der Waals surface area (Å²) in [6.45, 7) is 3.60. The molecule has 1 aliphatic heterocycles. The van der Waals surface area contributed by atoms with Crippen LogP contribution in [0.15, 0.2) is 28.4 Å². The number of carbonyl (C=O) groups excluding carboxylic acids is 1. The molecule has 0 spiro atoms. The van der Waals surface area contributed by atoms with Crippen LogP contribution in [0.1, 0.15) is 39.8 Å². The number of thiazole rings is 1. The summed E-state index contributed by atoms with van der Waals surface area (Å²) >= 11 is 1.70. The summed E-state index contributed by atoms with van der Waals surface area (Å²) in [5.74, 6) is 0.440. The number of likely N-dealkylation sites (tertiary alicyclic amines) is 1. The first-order chi connectivity index (χ1) is 9.24. The zero-order chi connectivity index (χ0) is 13.2. The number of furan rings is 1. The van der Waals surface area contributed by atoms with Crippen molar-refractivity contribution in [3.8, 4) is 0 Å². The summed E-state index contributed by atoms with van der Waals surface area (Å²) in [6.07, 6.45) is 5.20. The monoisotopic (exact) mass is 276 g/mol. The van der Waals surface area contributed by atoms with Gasteiger partial charge in [0.05, 0.1) is 16.8 Å². The van der Waals surface area contributed by atoms with Gasteiger partial charge in [-0.15, -0.1) is 11.3 Å². The lowest BCUT2D eigenvalue weighted by atomic mass is 9.98. The summed E-state index contributed by atoms with van der Waals surface area (Å²) < 4.78 is 4.98. The van der Waals surface area contributed by atoms with Crippen molar-refractivity contribution in [2.45, 2.75) is 25.7 Å². The molecule has 5 heteroatoms. The summed E-state index contributed by atoms with van der Waals surface area (Å²) in [6, 6.07) is 1.72. The molecule has 0 saturated carbocycles. The number of carbonyl (C=O) groups is 1. The fourth-order valence-electron chi connectivity index (χ4n) is 2.49. The lowest BCUT2D eigenvalue weighted by Crippen LogP contribution is -2.38. The number of nitrogens with zero attached hydrogens (tertiary/aromatic N) is 2. The fourth-order valence-corrected chi connectivity index (χ4v) is 3.42. The number of hydrogen-bond acceptors (Lipinski definition) is 4. The van der Waals surface area contributed by atoms with Gasteiger partial charge in [0.25, 0.3) is 5.91 Å². The highest BCUT2D eigenvalue weighted by molar-refractivity contribution is 7.09. The Morgan fingerprint density at radius 1 is 1.58 bits per heavy atom. The van der Waals surface area contributed by atoms with Crippen molar-refractivity contribution >= 4 is 17.2 Å². The Kier molecular flexibility index (Phi) is 3.38. The number of aromatic nitrogens is 1. The molecule has 0 aliphatic carbocycles. The largest absolute Gasteiger partial charge is 0.472 e. The molecule has 1 amide bonds. The fraction of sp³-hybridized carbons (Fsp3) is 0.429. The van der Waals surface area contributed by atoms with Crippen LogP contribution < -0.4 is 0 Å². The molecule has 3 heterocycles. The molecule has 0 bridgehead atoms. The van der Waals surface area contributed by atoms with Crippen LogP contribution in [-0.4, -0.2) is 28.9 Å². The highest BCUT2D eigenvalue weighted by Gasteiger charge is 2.27. The molecule has 3 rings (SSSR count). The van der Waals surface area contributed by atoms with Gasteiger partial charge in [0.1, 0.15) is 6.26 Å². The summed E-state index contributed by atoms with van der Waals surface area (Å²) in [5.41, 5.74) is 1.70. The second-order valence-electron chi connectivity index (χ2n) is 4.93. The second-order valence-corrected chi connectivity index (χ2v) is 5.82.